The van der Waals surface area contributed by atoms with Crippen molar-refractivity contribution in [1.29, 1.82) is 0 Å². The predicted octanol–water partition coefficient (Wildman–Crippen LogP) is 5.17. The first-order valence-electron chi connectivity index (χ1n) is 7.89. The molecule has 0 aliphatic heterocycles. The Morgan fingerprint density at radius 2 is 1.68 bits per heavy atom. The molecule has 2 aromatic rings. The Morgan fingerprint density at radius 3 is 2.41 bits per heavy atom. The van der Waals surface area contributed by atoms with Crippen molar-refractivity contribution < 1.29 is 0 Å². The molecule has 0 aliphatic carbocycles. The molecule has 0 unspecified atom stereocenters. The molecule has 2 aromatic carbocycles. The highest BCUT2D eigenvalue weighted by Gasteiger charge is 2.08. The van der Waals surface area contributed by atoms with Gasteiger partial charge in [-0.05, 0) is 30.3 Å². The number of rotatable bonds is 6. The van der Waals surface area contributed by atoms with Crippen LogP contribution in [0.2, 0.25) is 0 Å². The molecule has 0 radical (unpaired) electrons. The van der Waals surface area contributed by atoms with Crippen LogP contribution in [0.1, 0.15) is 26.2 Å². The number of unbranched alkanes of at least 4 members (excludes halogenated alkanes) is 2. The molecule has 2 nitrogen and oxygen atoms in total. The third-order valence-electron chi connectivity index (χ3n) is 3.70. The summed E-state index contributed by atoms with van der Waals surface area (Å²) in [7, 11) is 2.05. The Balaban J connectivity index is 2.08. The van der Waals surface area contributed by atoms with Crippen molar-refractivity contribution in [3.63, 3.8) is 0 Å². The van der Waals surface area contributed by atoms with E-state index in [1.807, 2.05) is 12.1 Å². The summed E-state index contributed by atoms with van der Waals surface area (Å²) in [6.45, 7) is 3.21. The molecule has 3 heteroatoms. The SMILES string of the molecule is CCCCCN(C)C(=S)Nc1ccccc1-c1ccccc1. The van der Waals surface area contributed by atoms with Crippen LogP contribution in [0, 0.1) is 0 Å². The minimum absolute atomic E-state index is 0.777. The van der Waals surface area contributed by atoms with E-state index >= 15 is 0 Å². The van der Waals surface area contributed by atoms with Crippen molar-refractivity contribution in [3.8, 4) is 11.1 Å². The van der Waals surface area contributed by atoms with Crippen molar-refractivity contribution in [1.82, 2.24) is 4.90 Å². The minimum Gasteiger partial charge on any atom is -0.352 e. The lowest BCUT2D eigenvalue weighted by atomic mass is 10.0. The first kappa shape index (κ1) is 16.5. The highest BCUT2D eigenvalue weighted by atomic mass is 32.1. The van der Waals surface area contributed by atoms with Gasteiger partial charge in [0.25, 0.3) is 0 Å². The van der Waals surface area contributed by atoms with Gasteiger partial charge in [-0.2, -0.15) is 0 Å². The van der Waals surface area contributed by atoms with Gasteiger partial charge < -0.3 is 10.2 Å². The highest BCUT2D eigenvalue weighted by molar-refractivity contribution is 7.80. The van der Waals surface area contributed by atoms with Gasteiger partial charge in [-0.3, -0.25) is 0 Å². The summed E-state index contributed by atoms with van der Waals surface area (Å²) >= 11 is 5.53. The number of hydrogen-bond acceptors (Lipinski definition) is 1. The molecule has 0 amide bonds. The molecular weight excluding hydrogens is 288 g/mol. The van der Waals surface area contributed by atoms with Gasteiger partial charge in [-0.25, -0.2) is 0 Å². The normalized spacial score (nSPS) is 10.3. The molecule has 0 atom stereocenters. The quantitative estimate of drug-likeness (QED) is 0.585. The van der Waals surface area contributed by atoms with Crippen LogP contribution in [-0.2, 0) is 0 Å². The fourth-order valence-electron chi connectivity index (χ4n) is 2.37. The van der Waals surface area contributed by atoms with Crippen molar-refractivity contribution in [2.75, 3.05) is 18.9 Å². The third kappa shape index (κ3) is 4.57. The van der Waals surface area contributed by atoms with E-state index in [0.29, 0.717) is 0 Å². The number of nitrogens with zero attached hydrogens (tertiary/aromatic N) is 1. The number of nitrogens with one attached hydrogen (secondary N) is 1. The molecule has 0 fully saturated rings. The Labute approximate surface area is 139 Å². The maximum absolute atomic E-state index is 5.53. The molecule has 116 valence electrons. The molecule has 0 bridgehead atoms. The van der Waals surface area contributed by atoms with E-state index in [1.54, 1.807) is 0 Å². The van der Waals surface area contributed by atoms with Gasteiger partial charge in [-0.15, -0.1) is 0 Å². The summed E-state index contributed by atoms with van der Waals surface area (Å²) in [4.78, 5) is 2.12. The summed E-state index contributed by atoms with van der Waals surface area (Å²) in [5.41, 5.74) is 3.43. The smallest absolute Gasteiger partial charge is 0.173 e. The van der Waals surface area contributed by atoms with E-state index in [0.717, 1.165) is 17.3 Å². The van der Waals surface area contributed by atoms with Gasteiger partial charge in [0, 0.05) is 24.8 Å². The average molecular weight is 312 g/mol. The lowest BCUT2D eigenvalue weighted by Crippen LogP contribution is -2.32. The Kier molecular flexibility index (Phi) is 6.41. The standard InChI is InChI=1S/C19H24N2S/c1-3-4-10-15-21(2)19(22)20-18-14-9-8-13-17(18)16-11-6-5-7-12-16/h5-9,11-14H,3-4,10,15H2,1-2H3,(H,20,22). The Bertz CT molecular complexity index is 595. The van der Waals surface area contributed by atoms with E-state index in [4.69, 9.17) is 12.2 Å². The van der Waals surface area contributed by atoms with Crippen LogP contribution in [0.3, 0.4) is 0 Å². The number of benzene rings is 2. The lowest BCUT2D eigenvalue weighted by molar-refractivity contribution is 0.482. The third-order valence-corrected chi connectivity index (χ3v) is 4.11. The first-order valence-corrected chi connectivity index (χ1v) is 8.29. The van der Waals surface area contributed by atoms with Crippen LogP contribution in [0.5, 0.6) is 0 Å². The van der Waals surface area contributed by atoms with Crippen LogP contribution in [0.15, 0.2) is 54.6 Å². The average Bonchev–Trinajstić information content (AvgIpc) is 2.56. The monoisotopic (exact) mass is 312 g/mol. The molecule has 2 rings (SSSR count). The van der Waals surface area contributed by atoms with Gasteiger partial charge in [0.2, 0.25) is 0 Å². The second kappa shape index (κ2) is 8.54. The molecule has 0 aliphatic rings. The van der Waals surface area contributed by atoms with Crippen LogP contribution in [-0.4, -0.2) is 23.6 Å². The fraction of sp³-hybridized carbons (Fsp3) is 0.316. The number of para-hydroxylation sites is 1. The summed E-state index contributed by atoms with van der Waals surface area (Å²) in [5, 5.41) is 4.17. The molecule has 0 saturated heterocycles. The molecule has 0 aromatic heterocycles. The number of hydrogen-bond donors (Lipinski definition) is 1. The van der Waals surface area contributed by atoms with Gasteiger partial charge in [-0.1, -0.05) is 68.3 Å². The lowest BCUT2D eigenvalue weighted by Gasteiger charge is -2.22. The van der Waals surface area contributed by atoms with E-state index in [1.165, 1.54) is 30.4 Å². The molecule has 1 N–H and O–H groups in total. The van der Waals surface area contributed by atoms with Crippen LogP contribution in [0.25, 0.3) is 11.1 Å². The van der Waals surface area contributed by atoms with Crippen molar-refractivity contribution in [2.24, 2.45) is 0 Å². The van der Waals surface area contributed by atoms with Crippen LogP contribution in [0.4, 0.5) is 5.69 Å². The maximum Gasteiger partial charge on any atom is 0.173 e. The van der Waals surface area contributed by atoms with Gasteiger partial charge in [0.1, 0.15) is 0 Å². The van der Waals surface area contributed by atoms with Crippen molar-refractivity contribution in [2.45, 2.75) is 26.2 Å². The minimum atomic E-state index is 0.777. The zero-order valence-electron chi connectivity index (χ0n) is 13.4. The largest absolute Gasteiger partial charge is 0.352 e. The summed E-state index contributed by atoms with van der Waals surface area (Å²) in [6.07, 6.45) is 3.65. The summed E-state index contributed by atoms with van der Waals surface area (Å²) < 4.78 is 0. The predicted molar refractivity (Wildman–Crippen MR) is 100 cm³/mol. The van der Waals surface area contributed by atoms with Crippen LogP contribution >= 0.6 is 12.2 Å². The molecule has 0 heterocycles. The Morgan fingerprint density at radius 1 is 1.00 bits per heavy atom. The van der Waals surface area contributed by atoms with Gasteiger partial charge >= 0.3 is 0 Å². The summed E-state index contributed by atoms with van der Waals surface area (Å²) in [5.74, 6) is 0. The first-order chi connectivity index (χ1) is 10.7. The molecule has 0 saturated carbocycles. The molecule has 0 spiro atoms. The maximum atomic E-state index is 5.53. The van der Waals surface area contributed by atoms with E-state index in [9.17, 15) is 0 Å². The summed E-state index contributed by atoms with van der Waals surface area (Å²) in [6, 6.07) is 18.7. The Hall–Kier alpha value is -1.87. The second-order valence-corrected chi connectivity index (χ2v) is 5.86. The van der Waals surface area contributed by atoms with E-state index in [-0.39, 0.29) is 0 Å². The van der Waals surface area contributed by atoms with Crippen molar-refractivity contribution in [3.05, 3.63) is 54.6 Å². The van der Waals surface area contributed by atoms with Crippen molar-refractivity contribution >= 4 is 23.0 Å². The fourth-order valence-corrected chi connectivity index (χ4v) is 2.57. The van der Waals surface area contributed by atoms with Crippen LogP contribution < -0.4 is 5.32 Å². The zero-order valence-corrected chi connectivity index (χ0v) is 14.2. The zero-order chi connectivity index (χ0) is 15.8. The van der Waals surface area contributed by atoms with Gasteiger partial charge in [0.15, 0.2) is 5.11 Å². The second-order valence-electron chi connectivity index (χ2n) is 5.47. The van der Waals surface area contributed by atoms with Gasteiger partial charge in [0.05, 0.1) is 0 Å². The van der Waals surface area contributed by atoms with E-state index in [2.05, 4.69) is 66.7 Å². The number of anilines is 1. The molecule has 22 heavy (non-hydrogen) atoms. The topological polar surface area (TPSA) is 15.3 Å². The van der Waals surface area contributed by atoms with E-state index < -0.39 is 0 Å². The molecular formula is C19H24N2S. The number of thiocarbonyl (C=S) groups is 1. The highest BCUT2D eigenvalue weighted by Crippen LogP contribution is 2.27.